The molecule has 1 aliphatic heterocycles. The van der Waals surface area contributed by atoms with Crippen LogP contribution in [0.25, 0.3) is 6.08 Å². The molecule has 0 radical (unpaired) electrons. The van der Waals surface area contributed by atoms with Crippen molar-refractivity contribution in [3.05, 3.63) is 153 Å². The number of piperazine rings is 1. The van der Waals surface area contributed by atoms with Gasteiger partial charge in [-0.15, -0.1) is 17.0 Å². The van der Waals surface area contributed by atoms with Gasteiger partial charge in [-0.1, -0.05) is 91.6 Å². The molecule has 0 spiro atoms. The highest BCUT2D eigenvalue weighted by atomic mass is 79.9. The van der Waals surface area contributed by atoms with Gasteiger partial charge >= 0.3 is 0 Å². The van der Waals surface area contributed by atoms with Gasteiger partial charge in [0.25, 0.3) is 0 Å². The molecule has 1 saturated heterocycles. The molecule has 7 nitrogen and oxygen atoms in total. The Hall–Kier alpha value is -4.34. The van der Waals surface area contributed by atoms with Crippen LogP contribution in [0, 0.1) is 6.92 Å². The van der Waals surface area contributed by atoms with Crippen molar-refractivity contribution in [2.75, 3.05) is 32.8 Å². The molecule has 1 aliphatic rings. The smallest absolute Gasteiger partial charge is 0.246 e. The highest BCUT2D eigenvalue weighted by molar-refractivity contribution is 8.93. The maximum absolute atomic E-state index is 13.1. The topological polar surface area (TPSA) is 64.1 Å². The van der Waals surface area contributed by atoms with Gasteiger partial charge in [0.15, 0.2) is 5.75 Å². The van der Waals surface area contributed by atoms with Crippen LogP contribution in [-0.2, 0) is 24.4 Å². The summed E-state index contributed by atoms with van der Waals surface area (Å²) < 4.78 is 17.8. The van der Waals surface area contributed by atoms with Crippen LogP contribution in [-0.4, -0.2) is 53.5 Å². The molecule has 0 aliphatic carbocycles. The van der Waals surface area contributed by atoms with Crippen molar-refractivity contribution in [3.63, 3.8) is 0 Å². The van der Waals surface area contributed by atoms with Crippen molar-refractivity contribution in [1.29, 1.82) is 0 Å². The molecule has 55 heavy (non-hydrogen) atoms. The van der Waals surface area contributed by atoms with E-state index in [0.717, 1.165) is 54.9 Å². The van der Waals surface area contributed by atoms with Crippen molar-refractivity contribution >= 4 is 52.2 Å². The number of carbonyl (C=O) groups excluding carboxylic acids is 1. The monoisotopic (exact) mass is 843 g/mol. The van der Waals surface area contributed by atoms with E-state index in [4.69, 9.17) is 37.4 Å². The number of hydrogen-bond acceptors (Lipinski definition) is 6. The lowest BCUT2D eigenvalue weighted by Gasteiger charge is -2.34. The van der Waals surface area contributed by atoms with Crippen LogP contribution < -0.4 is 14.2 Å². The lowest BCUT2D eigenvalue weighted by Crippen LogP contribution is -2.47. The molecule has 1 aromatic heterocycles. The van der Waals surface area contributed by atoms with Gasteiger partial charge in [0.05, 0.1) is 17.8 Å². The number of nitrogens with zero attached hydrogens (tertiary/aromatic N) is 3. The van der Waals surface area contributed by atoms with Crippen molar-refractivity contribution in [1.82, 2.24) is 14.8 Å². The Morgan fingerprint density at radius 3 is 2.22 bits per heavy atom. The van der Waals surface area contributed by atoms with E-state index in [9.17, 15) is 4.79 Å². The molecule has 10 heteroatoms. The fourth-order valence-electron chi connectivity index (χ4n) is 6.26. The van der Waals surface area contributed by atoms with E-state index < -0.39 is 0 Å². The van der Waals surface area contributed by atoms with Crippen molar-refractivity contribution in [2.24, 2.45) is 0 Å². The SMILES string of the molecule is Br.Cc1cc(C=CC(=O)N2CCN(Cc3ccc(CCCOc4ccc(C(C)C)cc4)cc3)CC2)cc(Cl)c1Oc1ccc(OCc2ccccc2Cl)cn1. The van der Waals surface area contributed by atoms with Gasteiger partial charge in [0.1, 0.15) is 18.1 Å². The van der Waals surface area contributed by atoms with Gasteiger partial charge in [0, 0.05) is 55.5 Å². The molecule has 4 aromatic carbocycles. The third-order valence-corrected chi connectivity index (χ3v) is 10.1. The Balaban J connectivity index is 0.00000580. The minimum Gasteiger partial charge on any atom is -0.494 e. The summed E-state index contributed by atoms with van der Waals surface area (Å²) in [4.78, 5) is 21.8. The molecule has 6 rings (SSSR count). The Labute approximate surface area is 345 Å². The first-order valence-electron chi connectivity index (χ1n) is 18.5. The maximum atomic E-state index is 13.1. The summed E-state index contributed by atoms with van der Waals surface area (Å²) >= 11 is 12.9. The molecule has 0 bridgehead atoms. The Morgan fingerprint density at radius 1 is 0.836 bits per heavy atom. The Morgan fingerprint density at radius 2 is 1.55 bits per heavy atom. The summed E-state index contributed by atoms with van der Waals surface area (Å²) in [6, 6.07) is 32.1. The van der Waals surface area contributed by atoms with Gasteiger partial charge < -0.3 is 19.1 Å². The zero-order valence-electron chi connectivity index (χ0n) is 31.5. The van der Waals surface area contributed by atoms with E-state index in [2.05, 4.69) is 72.3 Å². The molecule has 0 unspecified atom stereocenters. The zero-order chi connectivity index (χ0) is 37.9. The van der Waals surface area contributed by atoms with E-state index in [-0.39, 0.29) is 22.9 Å². The van der Waals surface area contributed by atoms with Crippen molar-refractivity contribution in [3.8, 4) is 23.1 Å². The van der Waals surface area contributed by atoms with Crippen molar-refractivity contribution in [2.45, 2.75) is 52.7 Å². The number of ether oxygens (including phenoxy) is 3. The molecule has 288 valence electrons. The Bertz CT molecular complexity index is 1990. The van der Waals surface area contributed by atoms with Crippen LogP contribution in [0.3, 0.4) is 0 Å². The summed E-state index contributed by atoms with van der Waals surface area (Å²) in [5.74, 6) is 2.94. The number of aryl methyl sites for hydroxylation is 2. The van der Waals surface area contributed by atoms with E-state index in [1.165, 1.54) is 16.7 Å². The lowest BCUT2D eigenvalue weighted by atomic mass is 10.0. The van der Waals surface area contributed by atoms with Gasteiger partial charge in [-0.25, -0.2) is 4.98 Å². The molecule has 1 amide bonds. The molecular weight excluding hydrogens is 797 g/mol. The van der Waals surface area contributed by atoms with Crippen LogP contribution in [0.4, 0.5) is 0 Å². The predicted molar refractivity (Wildman–Crippen MR) is 228 cm³/mol. The van der Waals surface area contributed by atoms with E-state index in [1.807, 2.05) is 42.2 Å². The first-order chi connectivity index (χ1) is 26.2. The number of pyridine rings is 1. The number of benzene rings is 4. The number of rotatable bonds is 15. The largest absolute Gasteiger partial charge is 0.494 e. The summed E-state index contributed by atoms with van der Waals surface area (Å²) in [6.07, 6.45) is 6.98. The first-order valence-corrected chi connectivity index (χ1v) is 19.3. The summed E-state index contributed by atoms with van der Waals surface area (Å²) in [6.45, 7) is 11.3. The number of amides is 1. The Kier molecular flexibility index (Phi) is 15.6. The number of hydrogen-bond donors (Lipinski definition) is 0. The molecular formula is C45H48BrCl2N3O4. The predicted octanol–water partition coefficient (Wildman–Crippen LogP) is 11.1. The molecule has 1 fully saturated rings. The standard InChI is InChI=1S/C45H47Cl2N3O4.BrH/c1-32(2)37-15-17-39(18-16-37)52-26-6-7-34-10-12-35(13-11-34)30-49-22-24-50(25-23-49)44(51)21-14-36-27-33(3)45(42(47)28-36)54-43-20-19-40(29-48-43)53-31-38-8-4-5-9-41(38)46;/h4-5,8-21,27-29,32H,6-7,22-26,30-31H2,1-3H3;1H. The van der Waals surface area contributed by atoms with Crippen LogP contribution in [0.15, 0.2) is 109 Å². The van der Waals surface area contributed by atoms with Crippen LogP contribution in [0.2, 0.25) is 10.0 Å². The van der Waals surface area contributed by atoms with Crippen LogP contribution in [0.5, 0.6) is 23.1 Å². The summed E-state index contributed by atoms with van der Waals surface area (Å²) in [5, 5.41) is 1.09. The minimum absolute atomic E-state index is 0. The molecule has 0 saturated carbocycles. The molecule has 0 N–H and O–H groups in total. The zero-order valence-corrected chi connectivity index (χ0v) is 34.8. The molecule has 2 heterocycles. The van der Waals surface area contributed by atoms with E-state index >= 15 is 0 Å². The number of halogens is 3. The second kappa shape index (κ2) is 20.5. The second-order valence-corrected chi connectivity index (χ2v) is 14.7. The van der Waals surface area contributed by atoms with E-state index in [0.29, 0.717) is 59.6 Å². The highest BCUT2D eigenvalue weighted by Crippen LogP contribution is 2.34. The average Bonchev–Trinajstić information content (AvgIpc) is 3.18. The minimum atomic E-state index is -0.00861. The second-order valence-electron chi connectivity index (χ2n) is 13.9. The average molecular weight is 846 g/mol. The van der Waals surface area contributed by atoms with Gasteiger partial charge in [0.2, 0.25) is 11.8 Å². The quantitative estimate of drug-likeness (QED) is 0.0773. The molecule has 5 aromatic rings. The maximum Gasteiger partial charge on any atom is 0.246 e. The van der Waals surface area contributed by atoms with Gasteiger partial charge in [-0.05, 0) is 96.0 Å². The number of carbonyl (C=O) groups is 1. The van der Waals surface area contributed by atoms with E-state index in [1.54, 1.807) is 36.5 Å². The summed E-state index contributed by atoms with van der Waals surface area (Å²) in [5.41, 5.74) is 6.47. The number of aromatic nitrogens is 1. The van der Waals surface area contributed by atoms with Gasteiger partial charge in [-0.3, -0.25) is 9.69 Å². The fraction of sp³-hybridized carbons (Fsp3) is 0.289. The first kappa shape index (κ1) is 41.8. The van der Waals surface area contributed by atoms with Crippen LogP contribution >= 0.6 is 40.2 Å². The highest BCUT2D eigenvalue weighted by Gasteiger charge is 2.20. The normalized spacial score (nSPS) is 13.2. The van der Waals surface area contributed by atoms with Gasteiger partial charge in [-0.2, -0.15) is 0 Å². The third kappa shape index (κ3) is 12.3. The fourth-order valence-corrected chi connectivity index (χ4v) is 6.76. The van der Waals surface area contributed by atoms with Crippen LogP contribution in [0.1, 0.15) is 59.6 Å². The van der Waals surface area contributed by atoms with Crippen molar-refractivity contribution < 1.29 is 19.0 Å². The summed E-state index contributed by atoms with van der Waals surface area (Å²) in [7, 11) is 0. The third-order valence-electron chi connectivity index (χ3n) is 9.48. The lowest BCUT2D eigenvalue weighted by molar-refractivity contribution is -0.127. The molecule has 0 atom stereocenters.